The van der Waals surface area contributed by atoms with Gasteiger partial charge in [-0.3, -0.25) is 4.90 Å². The molecule has 1 aromatic carbocycles. The summed E-state index contributed by atoms with van der Waals surface area (Å²) in [5.41, 5.74) is 0.708. The van der Waals surface area contributed by atoms with Crippen molar-refractivity contribution >= 4 is 15.9 Å². The Hall–Kier alpha value is -0.490. The van der Waals surface area contributed by atoms with Gasteiger partial charge >= 0.3 is 0 Å². The maximum Gasteiger partial charge on any atom is 0.127 e. The van der Waals surface area contributed by atoms with E-state index in [9.17, 15) is 9.50 Å². The summed E-state index contributed by atoms with van der Waals surface area (Å²) in [5, 5.41) is 9.56. The molecule has 0 amide bonds. The third-order valence-corrected chi connectivity index (χ3v) is 4.57. The molecule has 1 heterocycles. The molecule has 1 N–H and O–H groups in total. The molecule has 1 aliphatic rings. The highest BCUT2D eigenvalue weighted by Gasteiger charge is 2.30. The van der Waals surface area contributed by atoms with E-state index in [0.717, 1.165) is 24.0 Å². The van der Waals surface area contributed by atoms with Gasteiger partial charge in [-0.15, -0.1) is 0 Å². The van der Waals surface area contributed by atoms with Crippen LogP contribution < -0.4 is 0 Å². The first-order valence-corrected chi connectivity index (χ1v) is 7.74. The van der Waals surface area contributed by atoms with E-state index in [1.807, 2.05) is 6.07 Å². The molecule has 5 heteroatoms. The number of rotatable bonds is 4. The fraction of sp³-hybridized carbons (Fsp3) is 0.600. The summed E-state index contributed by atoms with van der Waals surface area (Å²) in [6.45, 7) is 2.53. The third-order valence-electron chi connectivity index (χ3n) is 4.08. The van der Waals surface area contributed by atoms with Crippen LogP contribution in [0.15, 0.2) is 22.7 Å². The molecule has 0 spiro atoms. The second-order valence-electron chi connectivity index (χ2n) is 5.73. The van der Waals surface area contributed by atoms with Gasteiger partial charge in [-0.2, -0.15) is 0 Å². The van der Waals surface area contributed by atoms with Gasteiger partial charge in [0.05, 0.1) is 0 Å². The summed E-state index contributed by atoms with van der Waals surface area (Å²) >= 11 is 3.38. The molecular weight excluding hydrogens is 323 g/mol. The third kappa shape index (κ3) is 3.79. The second kappa shape index (κ2) is 6.98. The fourth-order valence-electron chi connectivity index (χ4n) is 3.00. The standard InChI is InChI=1S/C15H22BrFN2O/c1-18(2)15-5-6-19(9-12(15)10-20)8-11-7-13(16)3-4-14(11)17/h3-4,7,12,15,20H,5-6,8-10H2,1-2H3. The van der Waals surface area contributed by atoms with Gasteiger partial charge in [-0.25, -0.2) is 4.39 Å². The number of hydrogen-bond acceptors (Lipinski definition) is 3. The van der Waals surface area contributed by atoms with Gasteiger partial charge in [0.25, 0.3) is 0 Å². The lowest BCUT2D eigenvalue weighted by atomic mass is 9.91. The Labute approximate surface area is 128 Å². The summed E-state index contributed by atoms with van der Waals surface area (Å²) in [6, 6.07) is 5.45. The van der Waals surface area contributed by atoms with E-state index >= 15 is 0 Å². The lowest BCUT2D eigenvalue weighted by Crippen LogP contribution is -2.49. The van der Waals surface area contributed by atoms with Crippen LogP contribution in [0.3, 0.4) is 0 Å². The highest BCUT2D eigenvalue weighted by atomic mass is 79.9. The summed E-state index contributed by atoms with van der Waals surface area (Å²) in [7, 11) is 4.11. The lowest BCUT2D eigenvalue weighted by molar-refractivity contribution is 0.0450. The van der Waals surface area contributed by atoms with Gasteiger partial charge in [-0.05, 0) is 38.7 Å². The van der Waals surface area contributed by atoms with Crippen molar-refractivity contribution in [1.29, 1.82) is 0 Å². The summed E-state index contributed by atoms with van der Waals surface area (Å²) in [4.78, 5) is 4.41. The number of aliphatic hydroxyl groups excluding tert-OH is 1. The van der Waals surface area contributed by atoms with Crippen molar-refractivity contribution < 1.29 is 9.50 Å². The topological polar surface area (TPSA) is 26.7 Å². The van der Waals surface area contributed by atoms with Crippen LogP contribution in [0.2, 0.25) is 0 Å². The molecule has 1 fully saturated rings. The summed E-state index contributed by atoms with van der Waals surface area (Å²) in [5.74, 6) is 0.0671. The van der Waals surface area contributed by atoms with E-state index in [2.05, 4.69) is 39.8 Å². The first kappa shape index (κ1) is 15.9. The Kier molecular flexibility index (Phi) is 5.55. The molecule has 2 rings (SSSR count). The van der Waals surface area contributed by atoms with E-state index in [1.165, 1.54) is 6.07 Å². The van der Waals surface area contributed by atoms with Crippen LogP contribution in [0.25, 0.3) is 0 Å². The van der Waals surface area contributed by atoms with Crippen LogP contribution in [0.5, 0.6) is 0 Å². The minimum atomic E-state index is -0.163. The van der Waals surface area contributed by atoms with Gasteiger partial charge in [0, 0.05) is 48.2 Å². The number of nitrogens with zero attached hydrogens (tertiary/aromatic N) is 2. The molecule has 0 aromatic heterocycles. The van der Waals surface area contributed by atoms with Crippen LogP contribution in [0.1, 0.15) is 12.0 Å². The molecule has 2 atom stereocenters. The molecule has 0 aliphatic carbocycles. The maximum atomic E-state index is 13.8. The van der Waals surface area contributed by atoms with Crippen molar-refractivity contribution in [3.05, 3.63) is 34.1 Å². The van der Waals surface area contributed by atoms with E-state index in [-0.39, 0.29) is 18.3 Å². The Morgan fingerprint density at radius 3 is 2.85 bits per heavy atom. The van der Waals surface area contributed by atoms with Crippen molar-refractivity contribution in [3.8, 4) is 0 Å². The van der Waals surface area contributed by atoms with Crippen molar-refractivity contribution in [2.45, 2.75) is 19.0 Å². The van der Waals surface area contributed by atoms with Gasteiger partial charge in [0.1, 0.15) is 5.82 Å². The predicted molar refractivity (Wildman–Crippen MR) is 82.0 cm³/mol. The second-order valence-corrected chi connectivity index (χ2v) is 6.65. The molecule has 0 bridgehead atoms. The van der Waals surface area contributed by atoms with Crippen molar-refractivity contribution in [1.82, 2.24) is 9.80 Å². The molecule has 0 saturated carbocycles. The monoisotopic (exact) mass is 344 g/mol. The van der Waals surface area contributed by atoms with E-state index < -0.39 is 0 Å². The maximum absolute atomic E-state index is 13.8. The van der Waals surface area contributed by atoms with Crippen LogP contribution in [0, 0.1) is 11.7 Å². The summed E-state index contributed by atoms with van der Waals surface area (Å²) < 4.78 is 14.7. The van der Waals surface area contributed by atoms with E-state index in [1.54, 1.807) is 6.07 Å². The van der Waals surface area contributed by atoms with Crippen LogP contribution in [-0.4, -0.2) is 54.7 Å². The predicted octanol–water partition coefficient (Wildman–Crippen LogP) is 2.33. The fourth-order valence-corrected chi connectivity index (χ4v) is 3.41. The number of piperidine rings is 1. The lowest BCUT2D eigenvalue weighted by Gasteiger charge is -2.40. The first-order chi connectivity index (χ1) is 9.51. The molecule has 3 nitrogen and oxygen atoms in total. The first-order valence-electron chi connectivity index (χ1n) is 6.95. The molecule has 2 unspecified atom stereocenters. The molecular formula is C15H22BrFN2O. The Balaban J connectivity index is 2.03. The van der Waals surface area contributed by atoms with Crippen molar-refractivity contribution in [2.75, 3.05) is 33.8 Å². The van der Waals surface area contributed by atoms with Gasteiger partial charge in [0.2, 0.25) is 0 Å². The molecule has 1 saturated heterocycles. The van der Waals surface area contributed by atoms with Gasteiger partial charge < -0.3 is 10.0 Å². The molecule has 0 radical (unpaired) electrons. The SMILES string of the molecule is CN(C)C1CCN(Cc2cc(Br)ccc2F)CC1CO. The smallest absolute Gasteiger partial charge is 0.127 e. The molecule has 112 valence electrons. The summed E-state index contributed by atoms with van der Waals surface area (Å²) in [6.07, 6.45) is 1.01. The molecule has 1 aromatic rings. The minimum absolute atomic E-state index is 0.163. The number of aliphatic hydroxyl groups is 1. The Bertz CT molecular complexity index is 455. The average molecular weight is 345 g/mol. The minimum Gasteiger partial charge on any atom is -0.396 e. The molecule has 1 aliphatic heterocycles. The molecule has 20 heavy (non-hydrogen) atoms. The van der Waals surface area contributed by atoms with Gasteiger partial charge in [-0.1, -0.05) is 15.9 Å². The zero-order chi connectivity index (χ0) is 14.7. The highest BCUT2D eigenvalue weighted by molar-refractivity contribution is 9.10. The number of halogens is 2. The van der Waals surface area contributed by atoms with Crippen LogP contribution >= 0.6 is 15.9 Å². The number of benzene rings is 1. The number of likely N-dealkylation sites (tertiary alicyclic amines) is 1. The number of hydrogen-bond donors (Lipinski definition) is 1. The van der Waals surface area contributed by atoms with Crippen LogP contribution in [0.4, 0.5) is 4.39 Å². The van der Waals surface area contributed by atoms with Gasteiger partial charge in [0.15, 0.2) is 0 Å². The van der Waals surface area contributed by atoms with E-state index in [4.69, 9.17) is 0 Å². The normalized spacial score (nSPS) is 24.3. The quantitative estimate of drug-likeness (QED) is 0.908. The van der Waals surface area contributed by atoms with Crippen LogP contribution in [-0.2, 0) is 6.54 Å². The van der Waals surface area contributed by atoms with E-state index in [0.29, 0.717) is 18.2 Å². The Morgan fingerprint density at radius 1 is 1.45 bits per heavy atom. The van der Waals surface area contributed by atoms with Crippen molar-refractivity contribution in [2.24, 2.45) is 5.92 Å². The highest BCUT2D eigenvalue weighted by Crippen LogP contribution is 2.24. The zero-order valence-electron chi connectivity index (χ0n) is 12.0. The average Bonchev–Trinajstić information content (AvgIpc) is 2.42. The Morgan fingerprint density at radius 2 is 2.20 bits per heavy atom. The van der Waals surface area contributed by atoms with Crippen molar-refractivity contribution in [3.63, 3.8) is 0 Å². The zero-order valence-corrected chi connectivity index (χ0v) is 13.6. The largest absolute Gasteiger partial charge is 0.396 e.